The van der Waals surface area contributed by atoms with Gasteiger partial charge in [0.2, 0.25) is 0 Å². The summed E-state index contributed by atoms with van der Waals surface area (Å²) >= 11 is 0. The second-order valence-corrected chi connectivity index (χ2v) is 4.22. The molecule has 0 spiro atoms. The number of carbonyl (C=O) groups excluding carboxylic acids is 1. The maximum absolute atomic E-state index is 11.7. The number of ether oxygens (including phenoxy) is 1. The molecule has 4 heteroatoms. The fraction of sp³-hybridized carbons (Fsp3) is 0.357. The Morgan fingerprint density at radius 3 is 3.17 bits per heavy atom. The van der Waals surface area contributed by atoms with Gasteiger partial charge < -0.3 is 15.4 Å². The summed E-state index contributed by atoms with van der Waals surface area (Å²) in [6.07, 6.45) is 3.48. The van der Waals surface area contributed by atoms with E-state index < -0.39 is 0 Å². The van der Waals surface area contributed by atoms with Crippen LogP contribution in [0.1, 0.15) is 24.4 Å². The fourth-order valence-electron chi connectivity index (χ4n) is 2.05. The molecule has 0 fully saturated rings. The predicted octanol–water partition coefficient (Wildman–Crippen LogP) is 2.39. The third-order valence-electron chi connectivity index (χ3n) is 2.90. The van der Waals surface area contributed by atoms with E-state index in [1.54, 1.807) is 6.08 Å². The van der Waals surface area contributed by atoms with Gasteiger partial charge >= 0.3 is 6.03 Å². The van der Waals surface area contributed by atoms with Crippen molar-refractivity contribution in [1.82, 2.24) is 10.6 Å². The molecule has 4 nitrogen and oxygen atoms in total. The Kier molecular flexibility index (Phi) is 4.23. The minimum atomic E-state index is -0.170. The molecule has 18 heavy (non-hydrogen) atoms. The Morgan fingerprint density at radius 1 is 1.50 bits per heavy atom. The Hall–Kier alpha value is -1.97. The van der Waals surface area contributed by atoms with Crippen molar-refractivity contribution in [2.45, 2.75) is 18.9 Å². The second-order valence-electron chi connectivity index (χ2n) is 4.22. The third-order valence-corrected chi connectivity index (χ3v) is 2.90. The Bertz CT molecular complexity index is 432. The van der Waals surface area contributed by atoms with Crippen LogP contribution >= 0.6 is 0 Å². The molecule has 0 bridgehead atoms. The highest BCUT2D eigenvalue weighted by molar-refractivity contribution is 5.74. The minimum absolute atomic E-state index is 0.00788. The number of para-hydroxylation sites is 1. The van der Waals surface area contributed by atoms with Gasteiger partial charge in [0.15, 0.2) is 0 Å². The molecule has 0 aliphatic carbocycles. The van der Waals surface area contributed by atoms with Gasteiger partial charge in [-0.3, -0.25) is 0 Å². The molecule has 1 aromatic carbocycles. The lowest BCUT2D eigenvalue weighted by Crippen LogP contribution is -2.37. The second kappa shape index (κ2) is 6.10. The number of benzene rings is 1. The number of urea groups is 1. The van der Waals surface area contributed by atoms with Gasteiger partial charge in [0.1, 0.15) is 5.75 Å². The minimum Gasteiger partial charge on any atom is -0.493 e. The number of carbonyl (C=O) groups is 1. The van der Waals surface area contributed by atoms with Crippen LogP contribution in [0.4, 0.5) is 4.79 Å². The van der Waals surface area contributed by atoms with Crippen LogP contribution in [0.3, 0.4) is 0 Å². The average Bonchev–Trinajstić information content (AvgIpc) is 2.59. The van der Waals surface area contributed by atoms with Gasteiger partial charge in [-0.2, -0.15) is 0 Å². The summed E-state index contributed by atoms with van der Waals surface area (Å²) in [6.45, 7) is 4.73. The molecule has 1 unspecified atom stereocenters. The van der Waals surface area contributed by atoms with Gasteiger partial charge in [0.05, 0.1) is 12.6 Å². The van der Waals surface area contributed by atoms with E-state index in [0.29, 0.717) is 13.2 Å². The van der Waals surface area contributed by atoms with E-state index in [-0.39, 0.29) is 12.1 Å². The molecule has 2 N–H and O–H groups in total. The molecule has 1 atom stereocenters. The maximum Gasteiger partial charge on any atom is 0.315 e. The van der Waals surface area contributed by atoms with Crippen LogP contribution in [0.5, 0.6) is 5.75 Å². The third kappa shape index (κ3) is 3.03. The highest BCUT2D eigenvalue weighted by atomic mass is 16.5. The van der Waals surface area contributed by atoms with Gasteiger partial charge in [0.25, 0.3) is 0 Å². The number of nitrogens with one attached hydrogen (secondary N) is 2. The first kappa shape index (κ1) is 12.5. The number of fused-ring (bicyclic) bond motifs is 1. The summed E-state index contributed by atoms with van der Waals surface area (Å²) in [5.74, 6) is 0.865. The Labute approximate surface area is 107 Å². The molecule has 0 saturated carbocycles. The molecular weight excluding hydrogens is 228 g/mol. The average molecular weight is 246 g/mol. The van der Waals surface area contributed by atoms with E-state index in [2.05, 4.69) is 17.2 Å². The van der Waals surface area contributed by atoms with E-state index in [4.69, 9.17) is 4.74 Å². The highest BCUT2D eigenvalue weighted by Gasteiger charge is 2.20. The van der Waals surface area contributed by atoms with E-state index in [9.17, 15) is 4.79 Å². The van der Waals surface area contributed by atoms with Crippen LogP contribution < -0.4 is 15.4 Å². The van der Waals surface area contributed by atoms with Crippen LogP contribution in [-0.4, -0.2) is 19.2 Å². The molecule has 0 saturated heterocycles. The smallest absolute Gasteiger partial charge is 0.315 e. The molecule has 2 amide bonds. The van der Waals surface area contributed by atoms with Crippen LogP contribution in [0.15, 0.2) is 36.9 Å². The maximum atomic E-state index is 11.7. The molecule has 0 aromatic heterocycles. The van der Waals surface area contributed by atoms with Gasteiger partial charge in [-0.15, -0.1) is 6.58 Å². The van der Waals surface area contributed by atoms with Crippen molar-refractivity contribution in [2.24, 2.45) is 0 Å². The van der Waals surface area contributed by atoms with Gasteiger partial charge in [-0.1, -0.05) is 24.3 Å². The number of hydrogen-bond acceptors (Lipinski definition) is 2. The van der Waals surface area contributed by atoms with Crippen LogP contribution in [0.25, 0.3) is 0 Å². The van der Waals surface area contributed by atoms with Crippen molar-refractivity contribution in [1.29, 1.82) is 0 Å². The van der Waals surface area contributed by atoms with E-state index in [0.717, 1.165) is 24.2 Å². The fourth-order valence-corrected chi connectivity index (χ4v) is 2.05. The number of hydrogen-bond donors (Lipinski definition) is 2. The SMILES string of the molecule is C=CCNC(=O)NC1CCCOc2ccccc21. The van der Waals surface area contributed by atoms with Crippen molar-refractivity contribution in [3.8, 4) is 5.75 Å². The first-order chi connectivity index (χ1) is 8.81. The first-order valence-corrected chi connectivity index (χ1v) is 6.18. The first-order valence-electron chi connectivity index (χ1n) is 6.18. The summed E-state index contributed by atoms with van der Waals surface area (Å²) in [5.41, 5.74) is 1.05. The van der Waals surface area contributed by atoms with Gasteiger partial charge in [0, 0.05) is 12.1 Å². The monoisotopic (exact) mass is 246 g/mol. The normalized spacial score (nSPS) is 17.9. The standard InChI is InChI=1S/C14H18N2O2/c1-2-9-15-14(17)16-12-7-5-10-18-13-8-4-3-6-11(12)13/h2-4,6,8,12H,1,5,7,9-10H2,(H2,15,16,17). The zero-order valence-electron chi connectivity index (χ0n) is 10.3. The topological polar surface area (TPSA) is 50.4 Å². The van der Waals surface area contributed by atoms with Gasteiger partial charge in [-0.05, 0) is 18.9 Å². The molecule has 96 valence electrons. The van der Waals surface area contributed by atoms with Crippen LogP contribution in [-0.2, 0) is 0 Å². The summed E-state index contributed by atoms with van der Waals surface area (Å²) in [6, 6.07) is 7.68. The largest absolute Gasteiger partial charge is 0.493 e. The van der Waals surface area contributed by atoms with E-state index in [1.807, 2.05) is 24.3 Å². The van der Waals surface area contributed by atoms with E-state index in [1.165, 1.54) is 0 Å². The summed E-state index contributed by atoms with van der Waals surface area (Å²) in [7, 11) is 0. The highest BCUT2D eigenvalue weighted by Crippen LogP contribution is 2.30. The van der Waals surface area contributed by atoms with Crippen molar-refractivity contribution >= 4 is 6.03 Å². The Morgan fingerprint density at radius 2 is 2.33 bits per heavy atom. The van der Waals surface area contributed by atoms with Crippen molar-refractivity contribution in [3.05, 3.63) is 42.5 Å². The molecule has 2 rings (SSSR count). The molecule has 1 aliphatic rings. The molecule has 1 aliphatic heterocycles. The summed E-state index contributed by atoms with van der Waals surface area (Å²) < 4.78 is 5.65. The van der Waals surface area contributed by atoms with Crippen molar-refractivity contribution in [3.63, 3.8) is 0 Å². The van der Waals surface area contributed by atoms with E-state index >= 15 is 0 Å². The lowest BCUT2D eigenvalue weighted by atomic mass is 10.0. The van der Waals surface area contributed by atoms with Crippen molar-refractivity contribution in [2.75, 3.05) is 13.2 Å². The van der Waals surface area contributed by atoms with Crippen molar-refractivity contribution < 1.29 is 9.53 Å². The Balaban J connectivity index is 2.08. The molecule has 1 heterocycles. The molecular formula is C14H18N2O2. The zero-order chi connectivity index (χ0) is 12.8. The zero-order valence-corrected chi connectivity index (χ0v) is 10.3. The molecule has 1 aromatic rings. The quantitative estimate of drug-likeness (QED) is 0.804. The number of amides is 2. The lowest BCUT2D eigenvalue weighted by molar-refractivity contribution is 0.237. The summed E-state index contributed by atoms with van der Waals surface area (Å²) in [5, 5.41) is 5.69. The summed E-state index contributed by atoms with van der Waals surface area (Å²) in [4.78, 5) is 11.7. The van der Waals surface area contributed by atoms with Crippen LogP contribution in [0, 0.1) is 0 Å². The number of rotatable bonds is 3. The predicted molar refractivity (Wildman–Crippen MR) is 70.6 cm³/mol. The lowest BCUT2D eigenvalue weighted by Gasteiger charge is -2.18. The van der Waals surface area contributed by atoms with Crippen LogP contribution in [0.2, 0.25) is 0 Å². The molecule has 0 radical (unpaired) electrons. The van der Waals surface area contributed by atoms with Gasteiger partial charge in [-0.25, -0.2) is 4.79 Å².